The van der Waals surface area contributed by atoms with Gasteiger partial charge in [-0.2, -0.15) is 0 Å². The van der Waals surface area contributed by atoms with Crippen molar-refractivity contribution < 1.29 is 4.52 Å². The molecule has 1 unspecified atom stereocenters. The van der Waals surface area contributed by atoms with Crippen LogP contribution in [0.25, 0.3) is 11.3 Å². The first-order valence-corrected chi connectivity index (χ1v) is 6.17. The smallest absolute Gasteiger partial charge is 0.167 e. The van der Waals surface area contributed by atoms with E-state index in [-0.39, 0.29) is 0 Å². The molecule has 1 N–H and O–H groups in total. The van der Waals surface area contributed by atoms with E-state index >= 15 is 0 Å². The first kappa shape index (κ1) is 10.8. The van der Waals surface area contributed by atoms with Crippen LogP contribution in [0, 0.1) is 0 Å². The molecule has 0 amide bonds. The van der Waals surface area contributed by atoms with Crippen molar-refractivity contribution in [3.05, 3.63) is 41.0 Å². The summed E-state index contributed by atoms with van der Waals surface area (Å²) in [7, 11) is 0. The number of hydrogen-bond donors (Lipinski definition) is 1. The van der Waals surface area contributed by atoms with Crippen molar-refractivity contribution in [3.63, 3.8) is 0 Å². The van der Waals surface area contributed by atoms with Gasteiger partial charge in [-0.1, -0.05) is 16.8 Å². The topological polar surface area (TPSA) is 38.1 Å². The van der Waals surface area contributed by atoms with Crippen molar-refractivity contribution in [2.75, 3.05) is 6.54 Å². The molecule has 1 aliphatic heterocycles. The summed E-state index contributed by atoms with van der Waals surface area (Å²) in [6.07, 6.45) is 2.33. The number of aromatic nitrogens is 1. The molecule has 1 aliphatic rings. The molecule has 0 aliphatic carbocycles. The second-order valence-corrected chi connectivity index (χ2v) is 4.71. The number of benzene rings is 1. The minimum Gasteiger partial charge on any atom is -0.356 e. The van der Waals surface area contributed by atoms with Gasteiger partial charge in [0.15, 0.2) is 5.76 Å². The third kappa shape index (κ3) is 2.21. The Balaban J connectivity index is 1.86. The van der Waals surface area contributed by atoms with Crippen molar-refractivity contribution in [2.45, 2.75) is 18.9 Å². The maximum Gasteiger partial charge on any atom is 0.167 e. The molecule has 1 fully saturated rings. The monoisotopic (exact) mass is 248 g/mol. The predicted molar refractivity (Wildman–Crippen MR) is 66.9 cm³/mol. The highest BCUT2D eigenvalue weighted by Crippen LogP contribution is 2.27. The van der Waals surface area contributed by atoms with E-state index in [1.165, 1.54) is 6.42 Å². The lowest BCUT2D eigenvalue weighted by Gasteiger charge is -2.02. The van der Waals surface area contributed by atoms with E-state index in [0.717, 1.165) is 35.0 Å². The Morgan fingerprint density at radius 2 is 2.12 bits per heavy atom. The Kier molecular flexibility index (Phi) is 2.87. The van der Waals surface area contributed by atoms with Crippen LogP contribution in [0.1, 0.15) is 24.6 Å². The molecule has 4 heteroatoms. The molecule has 3 nitrogen and oxygen atoms in total. The van der Waals surface area contributed by atoms with Gasteiger partial charge in [0, 0.05) is 16.7 Å². The molecule has 1 aromatic heterocycles. The Hall–Kier alpha value is -1.32. The van der Waals surface area contributed by atoms with Gasteiger partial charge in [0.05, 0.1) is 6.04 Å². The van der Waals surface area contributed by atoms with Gasteiger partial charge in [0.2, 0.25) is 0 Å². The minimum atomic E-state index is 0.347. The lowest BCUT2D eigenvalue weighted by molar-refractivity contribution is 0.412. The van der Waals surface area contributed by atoms with E-state index in [1.54, 1.807) is 0 Å². The number of halogens is 1. The summed E-state index contributed by atoms with van der Waals surface area (Å²) in [5.74, 6) is 0.797. The van der Waals surface area contributed by atoms with Gasteiger partial charge >= 0.3 is 0 Å². The van der Waals surface area contributed by atoms with Crippen molar-refractivity contribution in [3.8, 4) is 11.3 Å². The van der Waals surface area contributed by atoms with E-state index in [4.69, 9.17) is 16.1 Å². The van der Waals surface area contributed by atoms with Gasteiger partial charge < -0.3 is 9.84 Å². The fourth-order valence-corrected chi connectivity index (χ4v) is 2.27. The maximum absolute atomic E-state index is 5.85. The van der Waals surface area contributed by atoms with Gasteiger partial charge in [-0.15, -0.1) is 0 Å². The standard InChI is InChI=1S/C13H13ClN2O/c14-10-5-3-9(4-6-10)13-8-12(16-17-13)11-2-1-7-15-11/h3-6,8,11,15H,1-2,7H2. The van der Waals surface area contributed by atoms with Crippen LogP contribution in [0.2, 0.25) is 5.02 Å². The SMILES string of the molecule is Clc1ccc(-c2cc(C3CCCN3)no2)cc1. The third-order valence-corrected chi connectivity index (χ3v) is 3.33. The zero-order valence-corrected chi connectivity index (χ0v) is 10.1. The van der Waals surface area contributed by atoms with Crippen LogP contribution in [-0.4, -0.2) is 11.7 Å². The summed E-state index contributed by atoms with van der Waals surface area (Å²) in [5.41, 5.74) is 2.00. The lowest BCUT2D eigenvalue weighted by Crippen LogP contribution is -2.12. The van der Waals surface area contributed by atoms with Gasteiger partial charge in [0.1, 0.15) is 5.69 Å². The zero-order valence-electron chi connectivity index (χ0n) is 9.32. The van der Waals surface area contributed by atoms with Crippen LogP contribution >= 0.6 is 11.6 Å². The van der Waals surface area contributed by atoms with Crippen molar-refractivity contribution in [2.24, 2.45) is 0 Å². The van der Waals surface area contributed by atoms with Crippen LogP contribution in [0.3, 0.4) is 0 Å². The number of hydrogen-bond acceptors (Lipinski definition) is 3. The van der Waals surface area contributed by atoms with Crippen LogP contribution < -0.4 is 5.32 Å². The quantitative estimate of drug-likeness (QED) is 0.885. The number of nitrogens with one attached hydrogen (secondary N) is 1. The molecule has 88 valence electrons. The summed E-state index contributed by atoms with van der Waals surface area (Å²) in [4.78, 5) is 0. The van der Waals surface area contributed by atoms with Gasteiger partial charge in [-0.25, -0.2) is 0 Å². The summed E-state index contributed by atoms with van der Waals surface area (Å²) in [6.45, 7) is 1.06. The summed E-state index contributed by atoms with van der Waals surface area (Å²) >= 11 is 5.85. The highest BCUT2D eigenvalue weighted by Gasteiger charge is 2.20. The van der Waals surface area contributed by atoms with E-state index in [9.17, 15) is 0 Å². The first-order valence-electron chi connectivity index (χ1n) is 5.79. The molecule has 2 aromatic rings. The summed E-state index contributed by atoms with van der Waals surface area (Å²) in [5, 5.41) is 8.26. The van der Waals surface area contributed by atoms with Gasteiger partial charge in [0.25, 0.3) is 0 Å². The highest BCUT2D eigenvalue weighted by atomic mass is 35.5. The van der Waals surface area contributed by atoms with E-state index in [1.807, 2.05) is 30.3 Å². The highest BCUT2D eigenvalue weighted by molar-refractivity contribution is 6.30. The van der Waals surface area contributed by atoms with Crippen LogP contribution in [0.5, 0.6) is 0 Å². The molecule has 0 radical (unpaired) electrons. The molecule has 3 rings (SSSR count). The van der Waals surface area contributed by atoms with Gasteiger partial charge in [-0.3, -0.25) is 0 Å². The molecule has 0 saturated carbocycles. The largest absolute Gasteiger partial charge is 0.356 e. The van der Waals surface area contributed by atoms with E-state index in [0.29, 0.717) is 6.04 Å². The van der Waals surface area contributed by atoms with Gasteiger partial charge in [-0.05, 0) is 43.7 Å². The summed E-state index contributed by atoms with van der Waals surface area (Å²) in [6, 6.07) is 9.94. The second kappa shape index (κ2) is 4.51. The van der Waals surface area contributed by atoms with E-state index in [2.05, 4.69) is 10.5 Å². The summed E-state index contributed by atoms with van der Waals surface area (Å²) < 4.78 is 5.37. The fraction of sp³-hybridized carbons (Fsp3) is 0.308. The third-order valence-electron chi connectivity index (χ3n) is 3.07. The minimum absolute atomic E-state index is 0.347. The molecular weight excluding hydrogens is 236 g/mol. The molecule has 0 spiro atoms. The van der Waals surface area contributed by atoms with Crippen molar-refractivity contribution >= 4 is 11.6 Å². The fourth-order valence-electron chi connectivity index (χ4n) is 2.14. The number of rotatable bonds is 2. The van der Waals surface area contributed by atoms with Crippen molar-refractivity contribution in [1.82, 2.24) is 10.5 Å². The van der Waals surface area contributed by atoms with E-state index < -0.39 is 0 Å². The molecule has 1 aromatic carbocycles. The zero-order chi connectivity index (χ0) is 11.7. The van der Waals surface area contributed by atoms with Crippen LogP contribution in [0.15, 0.2) is 34.9 Å². The average Bonchev–Trinajstić information content (AvgIpc) is 3.00. The Labute approximate surface area is 105 Å². The predicted octanol–water partition coefficient (Wildman–Crippen LogP) is 3.42. The molecule has 1 saturated heterocycles. The Morgan fingerprint density at radius 3 is 2.82 bits per heavy atom. The molecular formula is C13H13ClN2O. The normalized spacial score (nSPS) is 19.7. The average molecular weight is 249 g/mol. The second-order valence-electron chi connectivity index (χ2n) is 4.27. The molecule has 17 heavy (non-hydrogen) atoms. The van der Waals surface area contributed by atoms with Crippen LogP contribution in [0.4, 0.5) is 0 Å². The van der Waals surface area contributed by atoms with Crippen molar-refractivity contribution in [1.29, 1.82) is 0 Å². The molecule has 2 heterocycles. The lowest BCUT2D eigenvalue weighted by atomic mass is 10.1. The number of nitrogens with zero attached hydrogens (tertiary/aromatic N) is 1. The Bertz CT molecular complexity index is 500. The van der Waals surface area contributed by atoms with Crippen LogP contribution in [-0.2, 0) is 0 Å². The molecule has 0 bridgehead atoms. The Morgan fingerprint density at radius 1 is 1.29 bits per heavy atom. The first-order chi connectivity index (χ1) is 8.33. The maximum atomic E-state index is 5.85. The molecule has 1 atom stereocenters.